The predicted molar refractivity (Wildman–Crippen MR) is 91.1 cm³/mol. The van der Waals surface area contributed by atoms with Crippen molar-refractivity contribution in [2.24, 2.45) is 5.73 Å². The minimum Gasteiger partial charge on any atom is -0.329 e. The van der Waals surface area contributed by atoms with Crippen molar-refractivity contribution < 1.29 is 13.3 Å². The summed E-state index contributed by atoms with van der Waals surface area (Å²) in [4.78, 5) is 10.3. The summed E-state index contributed by atoms with van der Waals surface area (Å²) in [6.07, 6.45) is 0.347. The second kappa shape index (κ2) is 7.52. The molecule has 0 heterocycles. The Bertz CT molecular complexity index is 802. The summed E-state index contributed by atoms with van der Waals surface area (Å²) < 4.78 is 27.4. The molecule has 0 aromatic heterocycles. The van der Waals surface area contributed by atoms with E-state index in [9.17, 15) is 18.5 Å². The van der Waals surface area contributed by atoms with Crippen LogP contribution < -0.4 is 10.5 Å². The van der Waals surface area contributed by atoms with Gasteiger partial charge in [0.05, 0.1) is 9.82 Å². The van der Waals surface area contributed by atoms with Crippen LogP contribution in [0, 0.1) is 17.0 Å². The van der Waals surface area contributed by atoms with Gasteiger partial charge in [0.2, 0.25) is 10.0 Å². The zero-order chi connectivity index (χ0) is 17.7. The molecule has 0 aliphatic heterocycles. The lowest BCUT2D eigenvalue weighted by Crippen LogP contribution is -2.41. The fraction of sp³-hybridized carbons (Fsp3) is 0.250. The lowest BCUT2D eigenvalue weighted by Gasteiger charge is -2.17. The van der Waals surface area contributed by atoms with E-state index in [-0.39, 0.29) is 17.1 Å². The van der Waals surface area contributed by atoms with Gasteiger partial charge in [0.25, 0.3) is 5.69 Å². The zero-order valence-corrected chi connectivity index (χ0v) is 14.0. The van der Waals surface area contributed by atoms with Crippen molar-refractivity contribution in [3.05, 3.63) is 69.8 Å². The molecule has 0 radical (unpaired) electrons. The Morgan fingerprint density at radius 3 is 2.21 bits per heavy atom. The minimum absolute atomic E-state index is 0.0108. The fourth-order valence-corrected chi connectivity index (χ4v) is 3.47. The number of nitrogens with one attached hydrogen (secondary N) is 1. The number of nitrogens with zero attached hydrogens (tertiary/aromatic N) is 1. The molecule has 0 spiro atoms. The van der Waals surface area contributed by atoms with E-state index in [1.54, 1.807) is 24.3 Å². The normalized spacial score (nSPS) is 12.8. The lowest BCUT2D eigenvalue weighted by molar-refractivity contribution is -0.384. The van der Waals surface area contributed by atoms with Gasteiger partial charge in [-0.2, -0.15) is 0 Å². The number of hydrogen-bond acceptors (Lipinski definition) is 5. The van der Waals surface area contributed by atoms with Crippen molar-refractivity contribution in [3.63, 3.8) is 0 Å². The third-order valence-electron chi connectivity index (χ3n) is 3.57. The molecule has 0 amide bonds. The van der Waals surface area contributed by atoms with E-state index in [2.05, 4.69) is 4.72 Å². The number of benzene rings is 2. The highest BCUT2D eigenvalue weighted by molar-refractivity contribution is 7.89. The smallest absolute Gasteiger partial charge is 0.269 e. The topological polar surface area (TPSA) is 115 Å². The van der Waals surface area contributed by atoms with Crippen LogP contribution in [0.1, 0.15) is 11.1 Å². The molecule has 0 saturated carbocycles. The summed E-state index contributed by atoms with van der Waals surface area (Å²) in [5, 5.41) is 10.7. The number of nitrogens with two attached hydrogens (primary N) is 1. The molecule has 0 aliphatic carbocycles. The molecule has 128 valence electrons. The molecule has 0 fully saturated rings. The number of nitro groups is 1. The first-order valence-corrected chi connectivity index (χ1v) is 8.82. The maximum Gasteiger partial charge on any atom is 0.269 e. The standard InChI is InChI=1S/C16H19N3O4S/c1-12-2-8-16(9-3-12)24(22,23)18-14(11-17)10-13-4-6-15(7-5-13)19(20)21/h2-9,14,18H,10-11,17H2,1H3. The largest absolute Gasteiger partial charge is 0.329 e. The molecule has 0 saturated heterocycles. The van der Waals surface area contributed by atoms with E-state index in [1.165, 1.54) is 24.3 Å². The van der Waals surface area contributed by atoms with Crippen molar-refractivity contribution in [1.82, 2.24) is 4.72 Å². The second-order valence-corrected chi connectivity index (χ2v) is 7.21. The molecule has 2 aromatic rings. The first kappa shape index (κ1) is 18.1. The van der Waals surface area contributed by atoms with E-state index in [4.69, 9.17) is 5.73 Å². The van der Waals surface area contributed by atoms with Gasteiger partial charge in [-0.25, -0.2) is 13.1 Å². The van der Waals surface area contributed by atoms with Crippen molar-refractivity contribution >= 4 is 15.7 Å². The summed E-state index contributed by atoms with van der Waals surface area (Å²) in [6, 6.07) is 12.0. The van der Waals surface area contributed by atoms with Crippen LogP contribution in [0.2, 0.25) is 0 Å². The van der Waals surface area contributed by atoms with Crippen molar-refractivity contribution in [1.29, 1.82) is 0 Å². The van der Waals surface area contributed by atoms with Gasteiger partial charge in [-0.1, -0.05) is 29.8 Å². The Balaban J connectivity index is 2.11. The quantitative estimate of drug-likeness (QED) is 0.583. The van der Waals surface area contributed by atoms with Crippen molar-refractivity contribution in [3.8, 4) is 0 Å². The molecule has 7 nitrogen and oxygen atoms in total. The summed E-state index contributed by atoms with van der Waals surface area (Å²) in [5.41, 5.74) is 7.40. The van der Waals surface area contributed by atoms with Gasteiger partial charge in [0.15, 0.2) is 0 Å². The Morgan fingerprint density at radius 2 is 1.71 bits per heavy atom. The van der Waals surface area contributed by atoms with Crippen LogP contribution in [0.15, 0.2) is 53.4 Å². The van der Waals surface area contributed by atoms with Crippen LogP contribution in [-0.4, -0.2) is 25.9 Å². The lowest BCUT2D eigenvalue weighted by atomic mass is 10.1. The molecule has 1 atom stereocenters. The average molecular weight is 349 g/mol. The summed E-state index contributed by atoms with van der Waals surface area (Å²) >= 11 is 0. The molecule has 3 N–H and O–H groups in total. The van der Waals surface area contributed by atoms with Gasteiger partial charge >= 0.3 is 0 Å². The maximum atomic E-state index is 12.4. The van der Waals surface area contributed by atoms with Gasteiger partial charge in [0, 0.05) is 24.7 Å². The van der Waals surface area contributed by atoms with Gasteiger partial charge in [-0.15, -0.1) is 0 Å². The highest BCUT2D eigenvalue weighted by Crippen LogP contribution is 2.15. The highest BCUT2D eigenvalue weighted by atomic mass is 32.2. The average Bonchev–Trinajstić information content (AvgIpc) is 2.55. The van der Waals surface area contributed by atoms with E-state index in [0.29, 0.717) is 6.42 Å². The first-order valence-electron chi connectivity index (χ1n) is 7.34. The predicted octanol–water partition coefficient (Wildman–Crippen LogP) is 1.75. The summed E-state index contributed by atoms with van der Waals surface area (Å²) in [6.45, 7) is 1.99. The molecule has 2 rings (SSSR count). The molecule has 0 bridgehead atoms. The highest BCUT2D eigenvalue weighted by Gasteiger charge is 2.19. The maximum absolute atomic E-state index is 12.4. The Hall–Kier alpha value is -2.29. The molecule has 1 unspecified atom stereocenters. The fourth-order valence-electron chi connectivity index (χ4n) is 2.22. The molecule has 0 aliphatic rings. The van der Waals surface area contributed by atoms with Crippen LogP contribution in [0.5, 0.6) is 0 Å². The number of non-ortho nitro benzene ring substituents is 1. The number of hydrogen-bond donors (Lipinski definition) is 2. The van der Waals surface area contributed by atoms with E-state index in [0.717, 1.165) is 11.1 Å². The van der Waals surface area contributed by atoms with Crippen molar-refractivity contribution in [2.75, 3.05) is 6.54 Å². The van der Waals surface area contributed by atoms with Crippen molar-refractivity contribution in [2.45, 2.75) is 24.3 Å². The molecular weight excluding hydrogens is 330 g/mol. The molecular formula is C16H19N3O4S. The third-order valence-corrected chi connectivity index (χ3v) is 5.10. The molecule has 8 heteroatoms. The minimum atomic E-state index is -3.67. The number of sulfonamides is 1. The van der Waals surface area contributed by atoms with Crippen LogP contribution >= 0.6 is 0 Å². The van der Waals surface area contributed by atoms with E-state index in [1.807, 2.05) is 6.92 Å². The van der Waals surface area contributed by atoms with E-state index >= 15 is 0 Å². The van der Waals surface area contributed by atoms with Gasteiger partial charge < -0.3 is 5.73 Å². The second-order valence-electron chi connectivity index (χ2n) is 5.49. The first-order chi connectivity index (χ1) is 11.3. The van der Waals surface area contributed by atoms with Crippen LogP contribution in [0.3, 0.4) is 0 Å². The van der Waals surface area contributed by atoms with Gasteiger partial charge in [0.1, 0.15) is 0 Å². The zero-order valence-electron chi connectivity index (χ0n) is 13.2. The van der Waals surface area contributed by atoms with Crippen LogP contribution in [0.25, 0.3) is 0 Å². The Labute approximate surface area is 140 Å². The van der Waals surface area contributed by atoms with E-state index < -0.39 is 21.0 Å². The Kier molecular flexibility index (Phi) is 5.66. The monoisotopic (exact) mass is 349 g/mol. The van der Waals surface area contributed by atoms with Gasteiger partial charge in [-0.05, 0) is 31.0 Å². The van der Waals surface area contributed by atoms with Crippen LogP contribution in [-0.2, 0) is 16.4 Å². The van der Waals surface area contributed by atoms with Crippen LogP contribution in [0.4, 0.5) is 5.69 Å². The SMILES string of the molecule is Cc1ccc(S(=O)(=O)NC(CN)Cc2ccc([N+](=O)[O-])cc2)cc1. The van der Waals surface area contributed by atoms with Gasteiger partial charge in [-0.3, -0.25) is 10.1 Å². The number of nitro benzene ring substituents is 1. The third kappa shape index (κ3) is 4.60. The number of aryl methyl sites for hydroxylation is 1. The molecule has 24 heavy (non-hydrogen) atoms. The Morgan fingerprint density at radius 1 is 1.12 bits per heavy atom. The summed E-state index contributed by atoms with van der Waals surface area (Å²) in [5.74, 6) is 0. The summed E-state index contributed by atoms with van der Waals surface area (Å²) in [7, 11) is -3.67. The number of rotatable bonds is 7. The molecule has 2 aromatic carbocycles.